The lowest BCUT2D eigenvalue weighted by atomic mass is 9.86. The number of hydrogen-bond acceptors (Lipinski definition) is 2. The molecule has 2 atom stereocenters. The lowest BCUT2D eigenvalue weighted by Crippen LogP contribution is -2.32. The first-order valence-electron chi connectivity index (χ1n) is 7.69. The van der Waals surface area contributed by atoms with Gasteiger partial charge in [-0.1, -0.05) is 37.3 Å². The molecule has 2 heteroatoms. The third-order valence-corrected chi connectivity index (χ3v) is 4.68. The fraction of sp³-hybridized carbons (Fsp3) is 0.647. The summed E-state index contributed by atoms with van der Waals surface area (Å²) in [6.45, 7) is 2.06. The molecule has 2 unspecified atom stereocenters. The quantitative estimate of drug-likeness (QED) is 0.769. The van der Waals surface area contributed by atoms with Gasteiger partial charge in [0, 0.05) is 12.0 Å². The maximum atomic E-state index is 10.4. The Kier molecular flexibility index (Phi) is 3.79. The molecule has 0 saturated heterocycles. The zero-order chi connectivity index (χ0) is 13.2. The average Bonchev–Trinajstić information content (AvgIpc) is 2.68. The molecule has 0 spiro atoms. The van der Waals surface area contributed by atoms with E-state index in [1.165, 1.54) is 44.1 Å². The molecule has 1 N–H and O–H groups in total. The molecular formula is C17H24O2. The molecule has 1 fully saturated rings. The number of hydrogen-bond donors (Lipinski definition) is 1. The molecule has 0 bridgehead atoms. The van der Waals surface area contributed by atoms with Crippen molar-refractivity contribution in [1.29, 1.82) is 0 Å². The molecule has 1 aromatic carbocycles. The van der Waals surface area contributed by atoms with E-state index in [0.29, 0.717) is 5.92 Å². The highest BCUT2D eigenvalue weighted by atomic mass is 16.5. The van der Waals surface area contributed by atoms with Gasteiger partial charge in [0.1, 0.15) is 11.9 Å². The van der Waals surface area contributed by atoms with Gasteiger partial charge in [0.2, 0.25) is 0 Å². The molecule has 0 aromatic heterocycles. The summed E-state index contributed by atoms with van der Waals surface area (Å²) in [5.41, 5.74) is 2.17. The summed E-state index contributed by atoms with van der Waals surface area (Å²) >= 11 is 0. The summed E-state index contributed by atoms with van der Waals surface area (Å²) in [5, 5.41) is 10.4. The van der Waals surface area contributed by atoms with Gasteiger partial charge in [0.15, 0.2) is 0 Å². The van der Waals surface area contributed by atoms with E-state index in [-0.39, 0.29) is 12.2 Å². The monoisotopic (exact) mass is 260 g/mol. The summed E-state index contributed by atoms with van der Waals surface area (Å²) in [4.78, 5) is 0. The standard InChI is InChI=1S/C17H24O2/c1-12-8-9-16-14(10-12)15(18)11-17(19-16)13-6-4-2-3-5-7-13/h8-10,13,15,17-18H,2-7,11H2,1H3. The minimum atomic E-state index is -0.350. The summed E-state index contributed by atoms with van der Waals surface area (Å²) in [7, 11) is 0. The molecule has 3 rings (SSSR count). The fourth-order valence-electron chi connectivity index (χ4n) is 3.57. The van der Waals surface area contributed by atoms with E-state index in [2.05, 4.69) is 19.1 Å². The van der Waals surface area contributed by atoms with Crippen molar-refractivity contribution in [3.05, 3.63) is 29.3 Å². The number of aliphatic hydroxyl groups excluding tert-OH is 1. The minimum Gasteiger partial charge on any atom is -0.490 e. The highest BCUT2D eigenvalue weighted by molar-refractivity contribution is 5.40. The van der Waals surface area contributed by atoms with E-state index < -0.39 is 0 Å². The molecule has 1 aliphatic carbocycles. The molecule has 104 valence electrons. The molecule has 2 aliphatic rings. The molecule has 19 heavy (non-hydrogen) atoms. The first-order chi connectivity index (χ1) is 9.24. The maximum absolute atomic E-state index is 10.4. The van der Waals surface area contributed by atoms with E-state index in [4.69, 9.17) is 4.74 Å². The zero-order valence-electron chi connectivity index (χ0n) is 11.8. The van der Waals surface area contributed by atoms with Crippen LogP contribution in [0, 0.1) is 12.8 Å². The van der Waals surface area contributed by atoms with Crippen LogP contribution in [0.2, 0.25) is 0 Å². The van der Waals surface area contributed by atoms with E-state index in [1.807, 2.05) is 6.07 Å². The molecular weight excluding hydrogens is 236 g/mol. The normalized spacial score (nSPS) is 28.3. The third-order valence-electron chi connectivity index (χ3n) is 4.68. The van der Waals surface area contributed by atoms with Crippen LogP contribution >= 0.6 is 0 Å². The minimum absolute atomic E-state index is 0.211. The number of aryl methyl sites for hydroxylation is 1. The van der Waals surface area contributed by atoms with Gasteiger partial charge in [-0.15, -0.1) is 0 Å². The van der Waals surface area contributed by atoms with Crippen molar-refractivity contribution in [2.45, 2.75) is 64.1 Å². The summed E-state index contributed by atoms with van der Waals surface area (Å²) in [6, 6.07) is 6.15. The van der Waals surface area contributed by atoms with Gasteiger partial charge in [-0.05, 0) is 37.8 Å². The molecule has 1 aliphatic heterocycles. The van der Waals surface area contributed by atoms with E-state index in [1.54, 1.807) is 0 Å². The zero-order valence-corrected chi connectivity index (χ0v) is 11.8. The first kappa shape index (κ1) is 13.0. The number of fused-ring (bicyclic) bond motifs is 1. The first-order valence-corrected chi connectivity index (χ1v) is 7.69. The highest BCUT2D eigenvalue weighted by Gasteiger charge is 2.32. The van der Waals surface area contributed by atoms with Gasteiger partial charge in [-0.2, -0.15) is 0 Å². The van der Waals surface area contributed by atoms with Crippen LogP contribution in [0.1, 0.15) is 62.2 Å². The van der Waals surface area contributed by atoms with Crippen molar-refractivity contribution in [3.8, 4) is 5.75 Å². The van der Waals surface area contributed by atoms with Gasteiger partial charge in [0.25, 0.3) is 0 Å². The highest BCUT2D eigenvalue weighted by Crippen LogP contribution is 2.40. The molecule has 1 saturated carbocycles. The predicted molar refractivity (Wildman–Crippen MR) is 76.4 cm³/mol. The third kappa shape index (κ3) is 2.79. The van der Waals surface area contributed by atoms with Crippen molar-refractivity contribution in [3.63, 3.8) is 0 Å². The van der Waals surface area contributed by atoms with Crippen LogP contribution in [-0.2, 0) is 0 Å². The number of aliphatic hydroxyl groups is 1. The van der Waals surface area contributed by atoms with E-state index in [9.17, 15) is 5.11 Å². The Morgan fingerprint density at radius 1 is 1.11 bits per heavy atom. The molecule has 1 aromatic rings. The van der Waals surface area contributed by atoms with Gasteiger partial charge in [-0.3, -0.25) is 0 Å². The van der Waals surface area contributed by atoms with Crippen molar-refractivity contribution in [2.75, 3.05) is 0 Å². The Bertz CT molecular complexity index is 433. The van der Waals surface area contributed by atoms with Crippen molar-refractivity contribution < 1.29 is 9.84 Å². The van der Waals surface area contributed by atoms with Gasteiger partial charge >= 0.3 is 0 Å². The summed E-state index contributed by atoms with van der Waals surface area (Å²) < 4.78 is 6.19. The Balaban J connectivity index is 1.78. The van der Waals surface area contributed by atoms with Gasteiger partial charge in [0.05, 0.1) is 6.10 Å². The van der Waals surface area contributed by atoms with Crippen molar-refractivity contribution >= 4 is 0 Å². The number of rotatable bonds is 1. The Hall–Kier alpha value is -1.02. The Morgan fingerprint density at radius 2 is 1.84 bits per heavy atom. The largest absolute Gasteiger partial charge is 0.490 e. The average molecular weight is 260 g/mol. The number of ether oxygens (including phenoxy) is 1. The van der Waals surface area contributed by atoms with Crippen molar-refractivity contribution in [1.82, 2.24) is 0 Å². The fourth-order valence-corrected chi connectivity index (χ4v) is 3.57. The molecule has 0 amide bonds. The van der Waals surface area contributed by atoms with Crippen LogP contribution in [0.25, 0.3) is 0 Å². The van der Waals surface area contributed by atoms with Crippen LogP contribution in [0.3, 0.4) is 0 Å². The second kappa shape index (κ2) is 5.54. The second-order valence-corrected chi connectivity index (χ2v) is 6.20. The van der Waals surface area contributed by atoms with Crippen LogP contribution in [0.4, 0.5) is 0 Å². The molecule has 1 heterocycles. The Labute approximate surface area is 115 Å². The predicted octanol–water partition coefficient (Wildman–Crippen LogP) is 4.15. The maximum Gasteiger partial charge on any atom is 0.125 e. The van der Waals surface area contributed by atoms with Gasteiger partial charge < -0.3 is 9.84 Å². The van der Waals surface area contributed by atoms with E-state index >= 15 is 0 Å². The van der Waals surface area contributed by atoms with Crippen LogP contribution in [0.15, 0.2) is 18.2 Å². The lowest BCUT2D eigenvalue weighted by molar-refractivity contribution is 0.0296. The number of benzene rings is 1. The molecule has 0 radical (unpaired) electrons. The summed E-state index contributed by atoms with van der Waals surface area (Å²) in [5.74, 6) is 1.53. The Morgan fingerprint density at radius 3 is 2.58 bits per heavy atom. The van der Waals surface area contributed by atoms with Crippen LogP contribution < -0.4 is 4.74 Å². The smallest absolute Gasteiger partial charge is 0.125 e. The van der Waals surface area contributed by atoms with E-state index in [0.717, 1.165) is 17.7 Å². The lowest BCUT2D eigenvalue weighted by Gasteiger charge is -2.34. The summed E-state index contributed by atoms with van der Waals surface area (Å²) in [6.07, 6.45) is 8.52. The topological polar surface area (TPSA) is 29.5 Å². The molecule has 2 nitrogen and oxygen atoms in total. The van der Waals surface area contributed by atoms with Crippen LogP contribution in [0.5, 0.6) is 5.75 Å². The van der Waals surface area contributed by atoms with Crippen molar-refractivity contribution in [2.24, 2.45) is 5.92 Å². The van der Waals surface area contributed by atoms with Gasteiger partial charge in [-0.25, -0.2) is 0 Å². The second-order valence-electron chi connectivity index (χ2n) is 6.20. The van der Waals surface area contributed by atoms with Crippen LogP contribution in [-0.4, -0.2) is 11.2 Å². The SMILES string of the molecule is Cc1ccc2c(c1)C(O)CC(C1CCCCCC1)O2.